The lowest BCUT2D eigenvalue weighted by atomic mass is 10.2. The Kier molecular flexibility index (Phi) is 6.24. The molecule has 0 heterocycles. The maximum atomic E-state index is 12.2. The van der Waals surface area contributed by atoms with Gasteiger partial charge in [0.25, 0.3) is 10.0 Å². The van der Waals surface area contributed by atoms with E-state index < -0.39 is 10.0 Å². The number of benzene rings is 2. The highest BCUT2D eigenvalue weighted by atomic mass is 32.2. The van der Waals surface area contributed by atoms with Gasteiger partial charge in [0.15, 0.2) is 11.5 Å². The fraction of sp³-hybridized carbons (Fsp3) is 0.235. The molecule has 8 heteroatoms. The summed E-state index contributed by atoms with van der Waals surface area (Å²) in [5.41, 5.74) is 0.580. The SMILES string of the molecule is CCOc1ccc(S(=O)(=O)N/N=C/c2cccc(OC)c2OC)cc1. The molecule has 0 bridgehead atoms. The summed E-state index contributed by atoms with van der Waals surface area (Å²) in [6.45, 7) is 2.37. The first-order valence-corrected chi connectivity index (χ1v) is 8.99. The molecule has 2 rings (SSSR count). The van der Waals surface area contributed by atoms with Crippen LogP contribution >= 0.6 is 0 Å². The molecule has 7 nitrogen and oxygen atoms in total. The zero-order valence-electron chi connectivity index (χ0n) is 14.2. The Balaban J connectivity index is 2.15. The molecular formula is C17H20N2O5S. The Morgan fingerprint density at radius 3 is 2.40 bits per heavy atom. The molecule has 0 aliphatic carbocycles. The highest BCUT2D eigenvalue weighted by Crippen LogP contribution is 2.29. The highest BCUT2D eigenvalue weighted by Gasteiger charge is 2.13. The second-order valence-corrected chi connectivity index (χ2v) is 6.50. The van der Waals surface area contributed by atoms with Gasteiger partial charge in [-0.2, -0.15) is 13.5 Å². The van der Waals surface area contributed by atoms with Gasteiger partial charge in [-0.15, -0.1) is 0 Å². The van der Waals surface area contributed by atoms with E-state index in [-0.39, 0.29) is 4.90 Å². The molecule has 0 spiro atoms. The number of methoxy groups -OCH3 is 2. The normalized spacial score (nSPS) is 11.3. The monoisotopic (exact) mass is 364 g/mol. The molecule has 0 radical (unpaired) electrons. The molecule has 25 heavy (non-hydrogen) atoms. The first-order valence-electron chi connectivity index (χ1n) is 7.50. The molecule has 2 aromatic rings. The van der Waals surface area contributed by atoms with Gasteiger partial charge in [0.1, 0.15) is 5.75 Å². The molecule has 0 atom stereocenters. The van der Waals surface area contributed by atoms with Crippen LogP contribution in [0.15, 0.2) is 52.5 Å². The lowest BCUT2D eigenvalue weighted by Crippen LogP contribution is -2.18. The Hall–Kier alpha value is -2.74. The molecule has 0 saturated carbocycles. The van der Waals surface area contributed by atoms with E-state index in [0.717, 1.165) is 0 Å². The molecule has 2 aromatic carbocycles. The van der Waals surface area contributed by atoms with Crippen molar-refractivity contribution in [3.05, 3.63) is 48.0 Å². The van der Waals surface area contributed by atoms with Gasteiger partial charge in [-0.05, 0) is 43.3 Å². The molecule has 0 aromatic heterocycles. The molecule has 0 saturated heterocycles. The second kappa shape index (κ2) is 8.39. The number of ether oxygens (including phenoxy) is 3. The third-order valence-corrected chi connectivity index (χ3v) is 4.49. The van der Waals surface area contributed by atoms with E-state index in [0.29, 0.717) is 29.4 Å². The lowest BCUT2D eigenvalue weighted by molar-refractivity contribution is 0.340. The Morgan fingerprint density at radius 1 is 1.08 bits per heavy atom. The minimum atomic E-state index is -3.77. The fourth-order valence-electron chi connectivity index (χ4n) is 2.11. The molecule has 0 unspecified atom stereocenters. The number of hydrazone groups is 1. The first-order chi connectivity index (χ1) is 12.0. The Morgan fingerprint density at radius 2 is 1.80 bits per heavy atom. The molecule has 0 aliphatic heterocycles. The lowest BCUT2D eigenvalue weighted by Gasteiger charge is -2.09. The van der Waals surface area contributed by atoms with Crippen LogP contribution in [0.3, 0.4) is 0 Å². The predicted molar refractivity (Wildman–Crippen MR) is 95.1 cm³/mol. The van der Waals surface area contributed by atoms with Gasteiger partial charge in [-0.1, -0.05) is 6.07 Å². The van der Waals surface area contributed by atoms with Crippen LogP contribution in [0.25, 0.3) is 0 Å². The van der Waals surface area contributed by atoms with Crippen LogP contribution in [0.1, 0.15) is 12.5 Å². The number of hydrogen-bond acceptors (Lipinski definition) is 6. The van der Waals surface area contributed by atoms with Crippen molar-refractivity contribution in [2.24, 2.45) is 5.10 Å². The van der Waals surface area contributed by atoms with Gasteiger partial charge in [0, 0.05) is 5.56 Å². The standard InChI is InChI=1S/C17H20N2O5S/c1-4-24-14-8-10-15(11-9-14)25(20,21)19-18-12-13-6-5-7-16(22-2)17(13)23-3/h5-12,19H,4H2,1-3H3/b18-12+. The highest BCUT2D eigenvalue weighted by molar-refractivity contribution is 7.89. The summed E-state index contributed by atoms with van der Waals surface area (Å²) in [7, 11) is -0.752. The van der Waals surface area contributed by atoms with Crippen molar-refractivity contribution in [2.75, 3.05) is 20.8 Å². The van der Waals surface area contributed by atoms with Crippen LogP contribution in [0.2, 0.25) is 0 Å². The summed E-state index contributed by atoms with van der Waals surface area (Å²) in [6.07, 6.45) is 1.35. The van der Waals surface area contributed by atoms with Crippen LogP contribution in [-0.2, 0) is 10.0 Å². The average Bonchev–Trinajstić information content (AvgIpc) is 2.62. The van der Waals surface area contributed by atoms with Crippen molar-refractivity contribution in [1.29, 1.82) is 0 Å². The van der Waals surface area contributed by atoms with Crippen LogP contribution < -0.4 is 19.0 Å². The molecule has 0 fully saturated rings. The number of nitrogens with zero attached hydrogens (tertiary/aromatic N) is 1. The summed E-state index contributed by atoms with van der Waals surface area (Å²) in [5, 5.41) is 3.80. The minimum absolute atomic E-state index is 0.0886. The number of nitrogens with one attached hydrogen (secondary N) is 1. The van der Waals surface area contributed by atoms with Crippen molar-refractivity contribution in [1.82, 2.24) is 4.83 Å². The first kappa shape index (κ1) is 18.6. The quantitative estimate of drug-likeness (QED) is 0.574. The topological polar surface area (TPSA) is 86.2 Å². The third kappa shape index (κ3) is 4.63. The van der Waals surface area contributed by atoms with Crippen molar-refractivity contribution in [3.63, 3.8) is 0 Å². The van der Waals surface area contributed by atoms with Gasteiger partial charge < -0.3 is 14.2 Å². The zero-order valence-corrected chi connectivity index (χ0v) is 15.0. The summed E-state index contributed by atoms with van der Waals surface area (Å²) in [4.78, 5) is 2.26. The number of para-hydroxylation sites is 1. The van der Waals surface area contributed by atoms with Crippen molar-refractivity contribution in [2.45, 2.75) is 11.8 Å². The van der Waals surface area contributed by atoms with E-state index in [1.54, 1.807) is 30.3 Å². The third-order valence-electron chi connectivity index (χ3n) is 3.25. The average molecular weight is 364 g/mol. The summed E-state index contributed by atoms with van der Waals surface area (Å²) < 4.78 is 40.2. The molecule has 1 N–H and O–H groups in total. The van der Waals surface area contributed by atoms with E-state index in [9.17, 15) is 8.42 Å². The van der Waals surface area contributed by atoms with Crippen LogP contribution in [0.5, 0.6) is 17.2 Å². The van der Waals surface area contributed by atoms with Crippen LogP contribution in [-0.4, -0.2) is 35.5 Å². The zero-order chi connectivity index (χ0) is 18.3. The molecule has 134 valence electrons. The maximum absolute atomic E-state index is 12.2. The van der Waals surface area contributed by atoms with Gasteiger partial charge in [-0.25, -0.2) is 4.83 Å². The van der Waals surface area contributed by atoms with Gasteiger partial charge >= 0.3 is 0 Å². The number of hydrogen-bond donors (Lipinski definition) is 1. The van der Waals surface area contributed by atoms with Gasteiger partial charge in [-0.3, -0.25) is 0 Å². The van der Waals surface area contributed by atoms with E-state index in [1.165, 1.54) is 32.6 Å². The Bertz CT molecular complexity index is 833. The smallest absolute Gasteiger partial charge is 0.276 e. The maximum Gasteiger partial charge on any atom is 0.276 e. The van der Waals surface area contributed by atoms with E-state index in [2.05, 4.69) is 9.93 Å². The minimum Gasteiger partial charge on any atom is -0.494 e. The van der Waals surface area contributed by atoms with Crippen molar-refractivity contribution >= 4 is 16.2 Å². The largest absolute Gasteiger partial charge is 0.494 e. The predicted octanol–water partition coefficient (Wildman–Crippen LogP) is 2.41. The van der Waals surface area contributed by atoms with Crippen LogP contribution in [0, 0.1) is 0 Å². The van der Waals surface area contributed by atoms with E-state index in [4.69, 9.17) is 14.2 Å². The fourth-order valence-corrected chi connectivity index (χ4v) is 2.90. The molecule has 0 amide bonds. The van der Waals surface area contributed by atoms with Gasteiger partial charge in [0.05, 0.1) is 31.9 Å². The van der Waals surface area contributed by atoms with Crippen molar-refractivity contribution < 1.29 is 22.6 Å². The summed E-state index contributed by atoms with van der Waals surface area (Å²) in [6, 6.07) is 11.3. The summed E-state index contributed by atoms with van der Waals surface area (Å²) >= 11 is 0. The Labute approximate surface area is 147 Å². The van der Waals surface area contributed by atoms with E-state index in [1.807, 2.05) is 6.92 Å². The van der Waals surface area contributed by atoms with Crippen LogP contribution in [0.4, 0.5) is 0 Å². The van der Waals surface area contributed by atoms with Gasteiger partial charge in [0.2, 0.25) is 0 Å². The van der Waals surface area contributed by atoms with Crippen molar-refractivity contribution in [3.8, 4) is 17.2 Å². The summed E-state index contributed by atoms with van der Waals surface area (Å²) in [5.74, 6) is 1.60. The number of sulfonamides is 1. The molecule has 0 aliphatic rings. The van der Waals surface area contributed by atoms with E-state index >= 15 is 0 Å². The number of rotatable bonds is 8. The molecular weight excluding hydrogens is 344 g/mol. The second-order valence-electron chi connectivity index (χ2n) is 4.84.